The van der Waals surface area contributed by atoms with E-state index in [1.807, 2.05) is 37.3 Å². The molecule has 4 rings (SSSR count). The van der Waals surface area contributed by atoms with Crippen molar-refractivity contribution in [3.63, 3.8) is 0 Å². The van der Waals surface area contributed by atoms with E-state index in [1.54, 1.807) is 14.0 Å². The van der Waals surface area contributed by atoms with Crippen LogP contribution >= 0.6 is 11.6 Å². The number of nitrogens with one attached hydrogen (secondary N) is 1. The fraction of sp³-hybridized carbons (Fsp3) is 0.500. The molecule has 0 saturated heterocycles. The normalized spacial score (nSPS) is 19.0. The quantitative estimate of drug-likeness (QED) is 0.235. The lowest BCUT2D eigenvalue weighted by molar-refractivity contribution is -0.114. The Kier molecular flexibility index (Phi) is 11.4. The van der Waals surface area contributed by atoms with Crippen molar-refractivity contribution in [2.24, 2.45) is 4.99 Å². The average molecular weight is 609 g/mol. The van der Waals surface area contributed by atoms with Crippen LogP contribution in [0, 0.1) is 6.92 Å². The van der Waals surface area contributed by atoms with Crippen LogP contribution in [0.4, 0.5) is 5.69 Å². The molecule has 1 amide bonds. The van der Waals surface area contributed by atoms with E-state index in [0.29, 0.717) is 42.1 Å². The summed E-state index contributed by atoms with van der Waals surface area (Å²) in [6.45, 7) is 7.84. The van der Waals surface area contributed by atoms with Crippen molar-refractivity contribution in [1.82, 2.24) is 10.2 Å². The van der Waals surface area contributed by atoms with E-state index in [1.165, 1.54) is 0 Å². The second-order valence-electron chi connectivity index (χ2n) is 11.6. The zero-order valence-electron chi connectivity index (χ0n) is 26.3. The summed E-state index contributed by atoms with van der Waals surface area (Å²) in [7, 11) is 5.97. The fourth-order valence-electron chi connectivity index (χ4n) is 6.06. The van der Waals surface area contributed by atoms with Gasteiger partial charge in [0.1, 0.15) is 17.5 Å². The SMILES string of the molecule is CCN(c1cc(-c2ccc(OCCOC)cc2)cc(C(=O)NCC2=C(Cl)N=C(C)CC2=O)c1C)[C@H]1CC[C@H](N(C)C)CC1. The van der Waals surface area contributed by atoms with Crippen molar-refractivity contribution < 1.29 is 19.1 Å². The van der Waals surface area contributed by atoms with E-state index in [-0.39, 0.29) is 29.8 Å². The molecule has 43 heavy (non-hydrogen) atoms. The van der Waals surface area contributed by atoms with Gasteiger partial charge in [-0.1, -0.05) is 23.7 Å². The molecular formula is C34H45ClN4O4. The average Bonchev–Trinajstić information content (AvgIpc) is 2.98. The Morgan fingerprint density at radius 2 is 1.70 bits per heavy atom. The van der Waals surface area contributed by atoms with Gasteiger partial charge in [0, 0.05) is 55.7 Å². The summed E-state index contributed by atoms with van der Waals surface area (Å²) in [5.74, 6) is 0.407. The molecule has 0 radical (unpaired) electrons. The van der Waals surface area contributed by atoms with Gasteiger partial charge < -0.3 is 24.6 Å². The molecule has 1 N–H and O–H groups in total. The van der Waals surface area contributed by atoms with Gasteiger partial charge in [0.05, 0.1) is 12.2 Å². The highest BCUT2D eigenvalue weighted by Gasteiger charge is 2.29. The number of anilines is 1. The number of ether oxygens (including phenoxy) is 2. The van der Waals surface area contributed by atoms with E-state index < -0.39 is 0 Å². The molecule has 0 bridgehead atoms. The smallest absolute Gasteiger partial charge is 0.251 e. The minimum Gasteiger partial charge on any atom is -0.491 e. The minimum atomic E-state index is -0.247. The first-order chi connectivity index (χ1) is 20.6. The second kappa shape index (κ2) is 15.0. The monoisotopic (exact) mass is 608 g/mol. The van der Waals surface area contributed by atoms with Crippen LogP contribution in [0.25, 0.3) is 11.1 Å². The van der Waals surface area contributed by atoms with Gasteiger partial charge in [0.2, 0.25) is 0 Å². The standard InChI is InChI=1S/C34H45ClN4O4/c1-7-39(27-12-10-26(11-13-27)38(4)5)31-20-25(24-8-14-28(15-9-24)43-17-16-42-6)19-29(23(31)3)34(41)36-21-30-32(40)18-22(2)37-33(30)35/h8-9,14-15,19-20,26-27H,7,10-13,16-18,21H2,1-6H3,(H,36,41)/t26-,27-. The number of hydrogen-bond acceptors (Lipinski definition) is 7. The number of ketones is 1. The van der Waals surface area contributed by atoms with Gasteiger partial charge in [-0.05, 0) is 102 Å². The molecule has 1 fully saturated rings. The maximum atomic E-state index is 13.7. The van der Waals surface area contributed by atoms with Crippen molar-refractivity contribution >= 4 is 34.7 Å². The first-order valence-corrected chi connectivity index (χ1v) is 15.5. The van der Waals surface area contributed by atoms with Gasteiger partial charge in [-0.2, -0.15) is 0 Å². The van der Waals surface area contributed by atoms with Gasteiger partial charge in [0.15, 0.2) is 5.78 Å². The Morgan fingerprint density at radius 1 is 1.02 bits per heavy atom. The lowest BCUT2D eigenvalue weighted by Gasteiger charge is -2.40. The molecule has 1 aliphatic carbocycles. The van der Waals surface area contributed by atoms with E-state index in [2.05, 4.69) is 47.2 Å². The van der Waals surface area contributed by atoms with E-state index >= 15 is 0 Å². The molecule has 0 atom stereocenters. The van der Waals surface area contributed by atoms with Crippen LogP contribution in [0.2, 0.25) is 0 Å². The molecule has 0 aromatic heterocycles. The molecule has 0 spiro atoms. The van der Waals surface area contributed by atoms with Crippen LogP contribution in [0.3, 0.4) is 0 Å². The van der Waals surface area contributed by atoms with Crippen LogP contribution in [0.1, 0.15) is 61.9 Å². The summed E-state index contributed by atoms with van der Waals surface area (Å²) in [6.07, 6.45) is 4.72. The van der Waals surface area contributed by atoms with Crippen LogP contribution in [0.5, 0.6) is 5.75 Å². The van der Waals surface area contributed by atoms with Crippen LogP contribution < -0.4 is 15.0 Å². The summed E-state index contributed by atoms with van der Waals surface area (Å²) in [5, 5.41) is 3.11. The Balaban J connectivity index is 1.67. The third kappa shape index (κ3) is 8.05. The molecule has 2 aliphatic rings. The molecule has 8 nitrogen and oxygen atoms in total. The molecule has 1 saturated carbocycles. The van der Waals surface area contributed by atoms with Gasteiger partial charge >= 0.3 is 0 Å². The zero-order valence-corrected chi connectivity index (χ0v) is 27.1. The van der Waals surface area contributed by atoms with E-state index in [0.717, 1.165) is 60.4 Å². The van der Waals surface area contributed by atoms with Crippen LogP contribution in [0.15, 0.2) is 52.1 Å². The fourth-order valence-corrected chi connectivity index (χ4v) is 6.38. The van der Waals surface area contributed by atoms with Gasteiger partial charge in [-0.25, -0.2) is 4.99 Å². The Labute approximate surface area is 261 Å². The van der Waals surface area contributed by atoms with Gasteiger partial charge in [0.25, 0.3) is 5.91 Å². The predicted molar refractivity (Wildman–Crippen MR) is 175 cm³/mol. The minimum absolute atomic E-state index is 0.0336. The van der Waals surface area contributed by atoms with Gasteiger partial charge in [-0.3, -0.25) is 9.59 Å². The van der Waals surface area contributed by atoms with Crippen molar-refractivity contribution in [1.29, 1.82) is 0 Å². The summed E-state index contributed by atoms with van der Waals surface area (Å²) in [6, 6.07) is 13.1. The third-order valence-corrected chi connectivity index (χ3v) is 8.89. The summed E-state index contributed by atoms with van der Waals surface area (Å²) >= 11 is 6.29. The number of Topliss-reactive ketones (excluding diaryl/α,β-unsaturated/α-hetero) is 1. The topological polar surface area (TPSA) is 83.5 Å². The second-order valence-corrected chi connectivity index (χ2v) is 12.0. The molecule has 1 aliphatic heterocycles. The molecule has 2 aromatic carbocycles. The molecule has 232 valence electrons. The number of aliphatic imine (C=N–C) groups is 1. The third-order valence-electron chi connectivity index (χ3n) is 8.57. The van der Waals surface area contributed by atoms with Crippen LogP contribution in [-0.4, -0.2) is 81.9 Å². The number of carbonyl (C=O) groups is 2. The molecular weight excluding hydrogens is 564 g/mol. The summed E-state index contributed by atoms with van der Waals surface area (Å²) in [5.41, 5.74) is 5.50. The number of benzene rings is 2. The Morgan fingerprint density at radius 3 is 2.30 bits per heavy atom. The van der Waals surface area contributed by atoms with Crippen molar-refractivity contribution in [3.05, 3.63) is 58.3 Å². The zero-order chi connectivity index (χ0) is 31.1. The largest absolute Gasteiger partial charge is 0.491 e. The number of methoxy groups -OCH3 is 1. The Bertz CT molecular complexity index is 1360. The molecule has 2 aromatic rings. The van der Waals surface area contributed by atoms with E-state index in [4.69, 9.17) is 21.1 Å². The summed E-state index contributed by atoms with van der Waals surface area (Å²) < 4.78 is 10.9. The van der Waals surface area contributed by atoms with Crippen molar-refractivity contribution in [2.45, 2.75) is 65.0 Å². The van der Waals surface area contributed by atoms with Gasteiger partial charge in [-0.15, -0.1) is 0 Å². The highest BCUT2D eigenvalue weighted by molar-refractivity contribution is 6.34. The highest BCUT2D eigenvalue weighted by Crippen LogP contribution is 2.36. The highest BCUT2D eigenvalue weighted by atomic mass is 35.5. The van der Waals surface area contributed by atoms with Crippen LogP contribution in [-0.2, 0) is 9.53 Å². The first kappa shape index (κ1) is 32.7. The lowest BCUT2D eigenvalue weighted by atomic mass is 9.88. The number of hydrogen-bond donors (Lipinski definition) is 1. The number of halogens is 1. The maximum Gasteiger partial charge on any atom is 0.251 e. The summed E-state index contributed by atoms with van der Waals surface area (Å²) in [4.78, 5) is 35.4. The predicted octanol–water partition coefficient (Wildman–Crippen LogP) is 6.00. The van der Waals surface area contributed by atoms with Crippen molar-refractivity contribution in [2.75, 3.05) is 52.4 Å². The van der Waals surface area contributed by atoms with E-state index in [9.17, 15) is 9.59 Å². The first-order valence-electron chi connectivity index (χ1n) is 15.2. The number of rotatable bonds is 12. The number of carbonyl (C=O) groups excluding carboxylic acids is 2. The Hall–Kier alpha value is -3.20. The maximum absolute atomic E-state index is 13.7. The molecule has 1 heterocycles. The number of amides is 1. The molecule has 0 unspecified atom stereocenters. The number of nitrogens with zero attached hydrogens (tertiary/aromatic N) is 3. The van der Waals surface area contributed by atoms with Crippen molar-refractivity contribution in [3.8, 4) is 16.9 Å². The molecule has 9 heteroatoms. The lowest BCUT2D eigenvalue weighted by Crippen LogP contribution is -2.42.